The lowest BCUT2D eigenvalue weighted by Crippen LogP contribution is -2.26. The Morgan fingerprint density at radius 3 is 2.19 bits per heavy atom. The van der Waals surface area contributed by atoms with Crippen molar-refractivity contribution in [3.63, 3.8) is 0 Å². The van der Waals surface area contributed by atoms with E-state index >= 15 is 0 Å². The maximum atomic E-state index is 13.2. The van der Waals surface area contributed by atoms with Crippen LogP contribution in [0.2, 0.25) is 5.02 Å². The molecule has 0 aliphatic carbocycles. The number of carbonyl (C=O) groups excluding carboxylic acids is 2. The third kappa shape index (κ3) is 6.17. The molecule has 0 saturated carbocycles. The summed E-state index contributed by atoms with van der Waals surface area (Å²) >= 11 is 9.58. The van der Waals surface area contributed by atoms with Crippen LogP contribution in [0.15, 0.2) is 106 Å². The molecule has 4 rings (SSSR count). The van der Waals surface area contributed by atoms with Gasteiger partial charge in [0, 0.05) is 34.8 Å². The predicted molar refractivity (Wildman–Crippen MR) is 149 cm³/mol. The number of amides is 1. The van der Waals surface area contributed by atoms with Crippen LogP contribution < -0.4 is 5.32 Å². The highest BCUT2D eigenvalue weighted by Crippen LogP contribution is 2.27. The SMILES string of the molecule is CN(Cc1ccccc1)S(=O)(=O)c1ccc(C(=O)Nc2ccc(Br)cc2C(=O)c2ccccc2Cl)cc1. The molecule has 37 heavy (non-hydrogen) atoms. The van der Waals surface area contributed by atoms with Gasteiger partial charge in [0.15, 0.2) is 5.78 Å². The molecule has 0 spiro atoms. The summed E-state index contributed by atoms with van der Waals surface area (Å²) in [5, 5.41) is 3.06. The smallest absolute Gasteiger partial charge is 0.255 e. The van der Waals surface area contributed by atoms with Gasteiger partial charge in [0.1, 0.15) is 0 Å². The first kappa shape index (κ1) is 26.8. The number of hydrogen-bond acceptors (Lipinski definition) is 4. The molecule has 0 fully saturated rings. The summed E-state index contributed by atoms with van der Waals surface area (Å²) in [5.74, 6) is -0.831. The standard InChI is InChI=1S/C28H22BrClN2O4S/c1-32(18-19-7-3-2-4-8-19)37(35,36)22-14-11-20(12-15-22)28(34)31-26-16-13-21(29)17-24(26)27(33)23-9-5-6-10-25(23)30/h2-17H,18H2,1H3,(H,31,34). The fraction of sp³-hybridized carbons (Fsp3) is 0.0714. The van der Waals surface area contributed by atoms with Crippen molar-refractivity contribution in [1.29, 1.82) is 0 Å². The number of halogens is 2. The molecule has 0 aliphatic rings. The fourth-order valence-electron chi connectivity index (χ4n) is 3.68. The van der Waals surface area contributed by atoms with Crippen LogP contribution in [0, 0.1) is 0 Å². The van der Waals surface area contributed by atoms with Crippen LogP contribution in [-0.2, 0) is 16.6 Å². The number of nitrogens with one attached hydrogen (secondary N) is 1. The van der Waals surface area contributed by atoms with Crippen molar-refractivity contribution in [2.24, 2.45) is 0 Å². The Hall–Kier alpha value is -3.30. The summed E-state index contributed by atoms with van der Waals surface area (Å²) in [6.07, 6.45) is 0. The van der Waals surface area contributed by atoms with E-state index in [9.17, 15) is 18.0 Å². The van der Waals surface area contributed by atoms with E-state index in [2.05, 4.69) is 21.2 Å². The van der Waals surface area contributed by atoms with E-state index in [4.69, 9.17) is 11.6 Å². The van der Waals surface area contributed by atoms with Gasteiger partial charge in [0.05, 0.1) is 15.6 Å². The lowest BCUT2D eigenvalue weighted by atomic mass is 10.0. The third-order valence-corrected chi connectivity index (χ3v) is 8.31. The minimum atomic E-state index is -3.76. The van der Waals surface area contributed by atoms with E-state index in [1.54, 1.807) is 42.5 Å². The van der Waals surface area contributed by atoms with E-state index in [-0.39, 0.29) is 28.4 Å². The molecule has 0 unspecified atom stereocenters. The number of anilines is 1. The number of carbonyl (C=O) groups is 2. The van der Waals surface area contributed by atoms with Gasteiger partial charge in [0.25, 0.3) is 5.91 Å². The Kier molecular flexibility index (Phi) is 8.24. The van der Waals surface area contributed by atoms with Crippen molar-refractivity contribution >= 4 is 54.9 Å². The van der Waals surface area contributed by atoms with Crippen LogP contribution in [0.4, 0.5) is 5.69 Å². The van der Waals surface area contributed by atoms with Crippen molar-refractivity contribution in [3.8, 4) is 0 Å². The molecule has 0 radical (unpaired) electrons. The molecular formula is C28H22BrClN2O4S. The van der Waals surface area contributed by atoms with Gasteiger partial charge in [-0.25, -0.2) is 8.42 Å². The van der Waals surface area contributed by atoms with Crippen molar-refractivity contribution in [2.75, 3.05) is 12.4 Å². The maximum Gasteiger partial charge on any atom is 0.255 e. The number of sulfonamides is 1. The maximum absolute atomic E-state index is 13.2. The first-order chi connectivity index (χ1) is 17.7. The summed E-state index contributed by atoms with van der Waals surface area (Å²) in [7, 11) is -2.25. The zero-order valence-corrected chi connectivity index (χ0v) is 22.8. The average Bonchev–Trinajstić information content (AvgIpc) is 2.90. The number of benzene rings is 4. The molecular weight excluding hydrogens is 576 g/mol. The van der Waals surface area contributed by atoms with Crippen molar-refractivity contribution < 1.29 is 18.0 Å². The Balaban J connectivity index is 1.54. The zero-order valence-electron chi connectivity index (χ0n) is 19.7. The van der Waals surface area contributed by atoms with E-state index < -0.39 is 15.9 Å². The lowest BCUT2D eigenvalue weighted by molar-refractivity contribution is 0.102. The van der Waals surface area contributed by atoms with Crippen LogP contribution >= 0.6 is 27.5 Å². The molecule has 4 aromatic carbocycles. The molecule has 1 amide bonds. The second-order valence-electron chi connectivity index (χ2n) is 8.22. The van der Waals surface area contributed by atoms with E-state index in [0.29, 0.717) is 20.7 Å². The molecule has 0 saturated heterocycles. The quantitative estimate of drug-likeness (QED) is 0.238. The summed E-state index contributed by atoms with van der Waals surface area (Å²) < 4.78 is 27.9. The van der Waals surface area contributed by atoms with Gasteiger partial charge in [-0.1, -0.05) is 70.0 Å². The number of ketones is 1. The van der Waals surface area contributed by atoms with E-state index in [1.807, 2.05) is 30.3 Å². The van der Waals surface area contributed by atoms with E-state index in [0.717, 1.165) is 5.56 Å². The Labute approximate surface area is 229 Å². The number of rotatable bonds is 8. The monoisotopic (exact) mass is 596 g/mol. The molecule has 4 aromatic rings. The topological polar surface area (TPSA) is 83.6 Å². The van der Waals surface area contributed by atoms with E-state index in [1.165, 1.54) is 35.6 Å². The van der Waals surface area contributed by atoms with Gasteiger partial charge in [0.2, 0.25) is 10.0 Å². The summed E-state index contributed by atoms with van der Waals surface area (Å²) in [6.45, 7) is 0.219. The van der Waals surface area contributed by atoms with Gasteiger partial charge in [-0.2, -0.15) is 4.31 Å². The number of nitrogens with zero attached hydrogens (tertiary/aromatic N) is 1. The fourth-order valence-corrected chi connectivity index (χ4v) is 5.42. The van der Waals surface area contributed by atoms with Gasteiger partial charge in [-0.15, -0.1) is 0 Å². The molecule has 0 atom stereocenters. The summed E-state index contributed by atoms with van der Waals surface area (Å²) in [5.41, 5.74) is 1.98. The number of hydrogen-bond donors (Lipinski definition) is 1. The molecule has 188 valence electrons. The molecule has 0 heterocycles. The van der Waals surface area contributed by atoms with Crippen LogP contribution in [0.25, 0.3) is 0 Å². The molecule has 0 bridgehead atoms. The summed E-state index contributed by atoms with van der Waals surface area (Å²) in [6, 6.07) is 26.5. The largest absolute Gasteiger partial charge is 0.321 e. The second kappa shape index (κ2) is 11.4. The molecule has 1 N–H and O–H groups in total. The Bertz CT molecular complexity index is 1560. The molecule has 0 aliphatic heterocycles. The zero-order chi connectivity index (χ0) is 26.6. The second-order valence-corrected chi connectivity index (χ2v) is 11.6. The normalized spacial score (nSPS) is 11.4. The minimum absolute atomic E-state index is 0.0701. The Morgan fingerprint density at radius 2 is 1.51 bits per heavy atom. The van der Waals surface area contributed by atoms with Crippen LogP contribution in [0.5, 0.6) is 0 Å². The highest BCUT2D eigenvalue weighted by molar-refractivity contribution is 9.10. The van der Waals surface area contributed by atoms with Crippen molar-refractivity contribution in [2.45, 2.75) is 11.4 Å². The van der Waals surface area contributed by atoms with Gasteiger partial charge >= 0.3 is 0 Å². The van der Waals surface area contributed by atoms with Gasteiger partial charge in [-0.05, 0) is 60.2 Å². The van der Waals surface area contributed by atoms with Crippen LogP contribution in [0.3, 0.4) is 0 Å². The third-order valence-electron chi connectivity index (χ3n) is 5.67. The van der Waals surface area contributed by atoms with Crippen molar-refractivity contribution in [1.82, 2.24) is 4.31 Å². The first-order valence-corrected chi connectivity index (χ1v) is 13.8. The highest BCUT2D eigenvalue weighted by atomic mass is 79.9. The summed E-state index contributed by atoms with van der Waals surface area (Å²) in [4.78, 5) is 26.2. The molecule has 9 heteroatoms. The van der Waals surface area contributed by atoms with Crippen molar-refractivity contribution in [3.05, 3.63) is 129 Å². The molecule has 6 nitrogen and oxygen atoms in total. The molecule has 0 aromatic heterocycles. The Morgan fingerprint density at radius 1 is 0.865 bits per heavy atom. The minimum Gasteiger partial charge on any atom is -0.321 e. The van der Waals surface area contributed by atoms with Crippen LogP contribution in [-0.4, -0.2) is 31.5 Å². The van der Waals surface area contributed by atoms with Gasteiger partial charge in [-0.3, -0.25) is 9.59 Å². The van der Waals surface area contributed by atoms with Crippen LogP contribution in [0.1, 0.15) is 31.8 Å². The predicted octanol–water partition coefficient (Wildman–Crippen LogP) is 6.41. The van der Waals surface area contributed by atoms with Gasteiger partial charge < -0.3 is 5.32 Å². The first-order valence-electron chi connectivity index (χ1n) is 11.2. The lowest BCUT2D eigenvalue weighted by Gasteiger charge is -2.17. The highest BCUT2D eigenvalue weighted by Gasteiger charge is 2.22. The average molecular weight is 598 g/mol.